The monoisotopic (exact) mass is 342 g/mol. The summed E-state index contributed by atoms with van der Waals surface area (Å²) in [6.07, 6.45) is 0.600. The molecule has 0 aliphatic heterocycles. The molecule has 6 nitrogen and oxygen atoms in total. The lowest BCUT2D eigenvalue weighted by Crippen LogP contribution is -2.14. The van der Waals surface area contributed by atoms with Gasteiger partial charge < -0.3 is 5.32 Å². The first-order chi connectivity index (χ1) is 11.9. The van der Waals surface area contributed by atoms with Crippen molar-refractivity contribution in [1.29, 1.82) is 0 Å². The first kappa shape index (κ1) is 16.9. The van der Waals surface area contributed by atoms with Gasteiger partial charge in [-0.2, -0.15) is 0 Å². The number of hydrogen-bond donors (Lipinski definition) is 2. The Morgan fingerprint density at radius 3 is 2.76 bits per heavy atom. The molecule has 3 rings (SSSR count). The number of amides is 1. The van der Waals surface area contributed by atoms with Gasteiger partial charge in [-0.05, 0) is 43.5 Å². The molecule has 0 bridgehead atoms. The lowest BCUT2D eigenvalue weighted by Gasteiger charge is -2.11. The molecule has 25 heavy (non-hydrogen) atoms. The fourth-order valence-corrected chi connectivity index (χ4v) is 3.03. The van der Waals surface area contributed by atoms with E-state index >= 15 is 0 Å². The lowest BCUT2D eigenvalue weighted by molar-refractivity contribution is -0.116. The Bertz CT molecular complexity index is 1020. The zero-order valence-corrected chi connectivity index (χ0v) is 14.3. The summed E-state index contributed by atoms with van der Waals surface area (Å²) in [5.74, 6) is -0.756. The van der Waals surface area contributed by atoms with E-state index in [4.69, 9.17) is 0 Å². The van der Waals surface area contributed by atoms with Crippen molar-refractivity contribution in [2.45, 2.75) is 26.7 Å². The van der Waals surface area contributed by atoms with Crippen LogP contribution in [0.2, 0.25) is 0 Å². The molecule has 2 heterocycles. The fourth-order valence-electron chi connectivity index (χ4n) is 3.03. The van der Waals surface area contributed by atoms with E-state index in [1.54, 1.807) is 23.9 Å². The first-order valence-electron chi connectivity index (χ1n) is 7.97. The SMILES string of the molecule is Cc1nc2c(c(C)c1CCC(=O)Nc1ccccc1F)c(=O)[nH]n2C. The van der Waals surface area contributed by atoms with Crippen LogP contribution in [-0.2, 0) is 18.3 Å². The van der Waals surface area contributed by atoms with E-state index in [1.807, 2.05) is 13.8 Å². The third kappa shape index (κ3) is 3.17. The second kappa shape index (κ2) is 6.51. The number of carbonyl (C=O) groups is 1. The van der Waals surface area contributed by atoms with Crippen LogP contribution in [0, 0.1) is 19.7 Å². The number of pyridine rings is 1. The molecule has 3 aromatic rings. The highest BCUT2D eigenvalue weighted by atomic mass is 19.1. The molecule has 1 amide bonds. The maximum Gasteiger partial charge on any atom is 0.273 e. The van der Waals surface area contributed by atoms with Crippen molar-refractivity contribution in [3.05, 3.63) is 57.3 Å². The van der Waals surface area contributed by atoms with Crippen molar-refractivity contribution in [3.63, 3.8) is 0 Å². The van der Waals surface area contributed by atoms with E-state index in [-0.39, 0.29) is 23.6 Å². The predicted octanol–water partition coefficient (Wildman–Crippen LogP) is 2.59. The number of rotatable bonds is 4. The van der Waals surface area contributed by atoms with Crippen LogP contribution in [0.25, 0.3) is 11.0 Å². The molecule has 0 atom stereocenters. The minimum Gasteiger partial charge on any atom is -0.324 e. The minimum atomic E-state index is -0.470. The normalized spacial score (nSPS) is 11.0. The number of aromatic amines is 1. The van der Waals surface area contributed by atoms with Gasteiger partial charge in [0, 0.05) is 19.2 Å². The largest absolute Gasteiger partial charge is 0.324 e. The topological polar surface area (TPSA) is 79.8 Å². The van der Waals surface area contributed by atoms with E-state index in [0.29, 0.717) is 17.5 Å². The van der Waals surface area contributed by atoms with Crippen LogP contribution in [0.15, 0.2) is 29.1 Å². The zero-order chi connectivity index (χ0) is 18.1. The van der Waals surface area contributed by atoms with Crippen LogP contribution in [0.5, 0.6) is 0 Å². The molecular formula is C18H19FN4O2. The second-order valence-corrected chi connectivity index (χ2v) is 6.03. The van der Waals surface area contributed by atoms with Crippen LogP contribution in [0.1, 0.15) is 23.2 Å². The van der Waals surface area contributed by atoms with Crippen LogP contribution in [0.4, 0.5) is 10.1 Å². The molecule has 0 unspecified atom stereocenters. The maximum atomic E-state index is 13.6. The summed E-state index contributed by atoms with van der Waals surface area (Å²) in [6, 6.07) is 6.03. The number of H-pyrrole nitrogens is 1. The Labute approximate surface area is 143 Å². The number of para-hydroxylation sites is 1. The summed E-state index contributed by atoms with van der Waals surface area (Å²) in [4.78, 5) is 28.7. The van der Waals surface area contributed by atoms with E-state index in [0.717, 1.165) is 16.8 Å². The van der Waals surface area contributed by atoms with E-state index in [9.17, 15) is 14.0 Å². The Balaban J connectivity index is 1.81. The molecule has 0 aliphatic rings. The molecule has 7 heteroatoms. The molecule has 0 radical (unpaired) electrons. The van der Waals surface area contributed by atoms with Crippen LogP contribution >= 0.6 is 0 Å². The number of benzene rings is 1. The number of halogens is 1. The van der Waals surface area contributed by atoms with Crippen molar-refractivity contribution in [2.75, 3.05) is 5.32 Å². The molecule has 0 saturated carbocycles. The van der Waals surface area contributed by atoms with Crippen LogP contribution in [0.3, 0.4) is 0 Å². The second-order valence-electron chi connectivity index (χ2n) is 6.03. The van der Waals surface area contributed by atoms with Gasteiger partial charge in [0.05, 0.1) is 11.1 Å². The third-order valence-electron chi connectivity index (χ3n) is 4.33. The molecule has 2 aromatic heterocycles. The summed E-state index contributed by atoms with van der Waals surface area (Å²) < 4.78 is 15.2. The number of anilines is 1. The Kier molecular flexibility index (Phi) is 4.39. The molecule has 1 aromatic carbocycles. The number of aromatic nitrogens is 3. The van der Waals surface area contributed by atoms with Crippen LogP contribution in [-0.4, -0.2) is 20.7 Å². The molecule has 0 aliphatic carbocycles. The highest BCUT2D eigenvalue weighted by Crippen LogP contribution is 2.21. The number of aryl methyl sites for hydroxylation is 3. The third-order valence-corrected chi connectivity index (χ3v) is 4.33. The minimum absolute atomic E-state index is 0.161. The summed E-state index contributed by atoms with van der Waals surface area (Å²) in [7, 11) is 1.73. The van der Waals surface area contributed by atoms with Crippen molar-refractivity contribution in [1.82, 2.24) is 14.8 Å². The number of nitrogens with zero attached hydrogens (tertiary/aromatic N) is 2. The van der Waals surface area contributed by atoms with Crippen LogP contribution < -0.4 is 10.9 Å². The van der Waals surface area contributed by atoms with E-state index in [1.165, 1.54) is 12.1 Å². The molecule has 0 saturated heterocycles. The van der Waals surface area contributed by atoms with Crippen molar-refractivity contribution < 1.29 is 9.18 Å². The van der Waals surface area contributed by atoms with Gasteiger partial charge in [0.15, 0.2) is 5.65 Å². The molecule has 0 spiro atoms. The van der Waals surface area contributed by atoms with Crippen molar-refractivity contribution in [2.24, 2.45) is 7.05 Å². The smallest absolute Gasteiger partial charge is 0.273 e. The summed E-state index contributed by atoms with van der Waals surface area (Å²) in [5.41, 5.74) is 3.03. The zero-order valence-electron chi connectivity index (χ0n) is 14.3. The average Bonchev–Trinajstić information content (AvgIpc) is 2.83. The lowest BCUT2D eigenvalue weighted by atomic mass is 10.00. The van der Waals surface area contributed by atoms with Gasteiger partial charge in [-0.1, -0.05) is 12.1 Å². The van der Waals surface area contributed by atoms with E-state index in [2.05, 4.69) is 15.4 Å². The van der Waals surface area contributed by atoms with Gasteiger partial charge in [0.25, 0.3) is 5.56 Å². The summed E-state index contributed by atoms with van der Waals surface area (Å²) in [6.45, 7) is 3.71. The van der Waals surface area contributed by atoms with Gasteiger partial charge in [-0.3, -0.25) is 19.4 Å². The number of carbonyl (C=O) groups excluding carboxylic acids is 1. The Morgan fingerprint density at radius 1 is 1.32 bits per heavy atom. The van der Waals surface area contributed by atoms with Gasteiger partial charge in [0.1, 0.15) is 5.82 Å². The Hall–Kier alpha value is -2.96. The molecule has 2 N–H and O–H groups in total. The number of fused-ring (bicyclic) bond motifs is 1. The first-order valence-corrected chi connectivity index (χ1v) is 7.97. The summed E-state index contributed by atoms with van der Waals surface area (Å²) >= 11 is 0. The van der Waals surface area contributed by atoms with Gasteiger partial charge >= 0.3 is 0 Å². The van der Waals surface area contributed by atoms with Crippen molar-refractivity contribution >= 4 is 22.6 Å². The summed E-state index contributed by atoms with van der Waals surface area (Å²) in [5, 5.41) is 5.80. The highest BCUT2D eigenvalue weighted by Gasteiger charge is 2.16. The van der Waals surface area contributed by atoms with Crippen molar-refractivity contribution in [3.8, 4) is 0 Å². The highest BCUT2D eigenvalue weighted by molar-refractivity contribution is 5.91. The molecular weight excluding hydrogens is 323 g/mol. The predicted molar refractivity (Wildman–Crippen MR) is 94.2 cm³/mol. The quantitative estimate of drug-likeness (QED) is 0.765. The van der Waals surface area contributed by atoms with Gasteiger partial charge in [-0.25, -0.2) is 9.37 Å². The maximum absolute atomic E-state index is 13.6. The van der Waals surface area contributed by atoms with Gasteiger partial charge in [0.2, 0.25) is 5.91 Å². The Morgan fingerprint density at radius 2 is 2.04 bits per heavy atom. The molecule has 0 fully saturated rings. The average molecular weight is 342 g/mol. The standard InChI is InChI=1S/C18H19FN4O2/c1-10-12(11(2)20-17-16(10)18(25)22-23(17)3)8-9-15(24)21-14-7-5-4-6-13(14)19/h4-7H,8-9H2,1-3H3,(H,21,24)(H,22,25). The number of nitrogens with one attached hydrogen (secondary N) is 2. The van der Waals surface area contributed by atoms with Gasteiger partial charge in [-0.15, -0.1) is 0 Å². The number of hydrogen-bond acceptors (Lipinski definition) is 3. The van der Waals surface area contributed by atoms with E-state index < -0.39 is 5.82 Å². The molecule has 130 valence electrons. The fraction of sp³-hybridized carbons (Fsp3) is 0.278.